The Kier molecular flexibility index (Phi) is 4.43. The van der Waals surface area contributed by atoms with Gasteiger partial charge in [-0.2, -0.15) is 0 Å². The summed E-state index contributed by atoms with van der Waals surface area (Å²) in [5.74, 6) is 0.798. The highest BCUT2D eigenvalue weighted by atomic mass is 16.2. The molecule has 0 atom stereocenters. The van der Waals surface area contributed by atoms with Gasteiger partial charge in [-0.05, 0) is 25.0 Å². The van der Waals surface area contributed by atoms with Crippen molar-refractivity contribution in [1.29, 1.82) is 0 Å². The van der Waals surface area contributed by atoms with Gasteiger partial charge >= 0.3 is 0 Å². The first-order chi connectivity index (χ1) is 13.0. The van der Waals surface area contributed by atoms with Crippen molar-refractivity contribution in [3.63, 3.8) is 0 Å². The van der Waals surface area contributed by atoms with Gasteiger partial charge in [0, 0.05) is 49.4 Å². The van der Waals surface area contributed by atoms with E-state index in [1.807, 2.05) is 51.4 Å². The fraction of sp³-hybridized carbons (Fsp3) is 0.350. The van der Waals surface area contributed by atoms with Crippen LogP contribution in [0.3, 0.4) is 0 Å². The van der Waals surface area contributed by atoms with E-state index in [2.05, 4.69) is 4.98 Å². The minimum atomic E-state index is -0.377. The number of para-hydroxylation sites is 1. The van der Waals surface area contributed by atoms with Crippen molar-refractivity contribution >= 4 is 22.7 Å². The first-order valence-electron chi connectivity index (χ1n) is 9.17. The maximum Gasteiger partial charge on any atom is 0.270 e. The lowest BCUT2D eigenvalue weighted by atomic mass is 9.95. The Morgan fingerprint density at radius 2 is 1.96 bits per heavy atom. The van der Waals surface area contributed by atoms with E-state index in [0.717, 1.165) is 29.6 Å². The molecule has 2 N–H and O–H groups in total. The molecule has 3 heterocycles. The first kappa shape index (κ1) is 17.3. The number of hydrogen-bond acceptors (Lipinski definition) is 3. The van der Waals surface area contributed by atoms with Crippen molar-refractivity contribution in [3.05, 3.63) is 54.2 Å². The molecule has 1 saturated heterocycles. The quantitative estimate of drug-likeness (QED) is 0.766. The standard InChI is InChI=1S/C20H23N5O2/c1-23-16-5-3-2-4-15(16)12-17(23)20(27)24-9-6-14(7-10-24)19-22-8-11-25(19)13-18(21)26/h2-5,8,11-12,14H,6-7,9-10,13H2,1H3,(H2,21,26). The molecule has 2 aromatic heterocycles. The van der Waals surface area contributed by atoms with Crippen LogP contribution in [-0.2, 0) is 18.4 Å². The van der Waals surface area contributed by atoms with Gasteiger partial charge in [0.25, 0.3) is 5.91 Å². The number of imidazole rings is 1. The summed E-state index contributed by atoms with van der Waals surface area (Å²) >= 11 is 0. The topological polar surface area (TPSA) is 86.2 Å². The minimum Gasteiger partial charge on any atom is -0.368 e. The summed E-state index contributed by atoms with van der Waals surface area (Å²) in [5, 5.41) is 1.08. The van der Waals surface area contributed by atoms with Gasteiger partial charge in [-0.25, -0.2) is 4.98 Å². The van der Waals surface area contributed by atoms with Gasteiger partial charge in [-0.3, -0.25) is 9.59 Å². The minimum absolute atomic E-state index is 0.0626. The highest BCUT2D eigenvalue weighted by molar-refractivity contribution is 5.98. The van der Waals surface area contributed by atoms with E-state index < -0.39 is 0 Å². The van der Waals surface area contributed by atoms with Crippen molar-refractivity contribution in [2.45, 2.75) is 25.3 Å². The number of nitrogens with two attached hydrogens (primary N) is 1. The molecule has 1 aliphatic rings. The molecule has 2 amide bonds. The van der Waals surface area contributed by atoms with Crippen LogP contribution in [0.1, 0.15) is 35.1 Å². The van der Waals surface area contributed by atoms with E-state index in [9.17, 15) is 9.59 Å². The van der Waals surface area contributed by atoms with Gasteiger partial charge in [-0.1, -0.05) is 18.2 Å². The number of piperidine rings is 1. The summed E-state index contributed by atoms with van der Waals surface area (Å²) in [4.78, 5) is 30.6. The number of fused-ring (bicyclic) bond motifs is 1. The number of aromatic nitrogens is 3. The fourth-order valence-corrected chi connectivity index (χ4v) is 3.98. The van der Waals surface area contributed by atoms with Crippen molar-refractivity contribution in [2.75, 3.05) is 13.1 Å². The van der Waals surface area contributed by atoms with Crippen molar-refractivity contribution in [2.24, 2.45) is 12.8 Å². The van der Waals surface area contributed by atoms with Crippen LogP contribution in [0.5, 0.6) is 0 Å². The third-order valence-corrected chi connectivity index (χ3v) is 5.39. The predicted molar refractivity (Wildman–Crippen MR) is 102 cm³/mol. The van der Waals surface area contributed by atoms with E-state index in [1.54, 1.807) is 12.4 Å². The van der Waals surface area contributed by atoms with Gasteiger partial charge < -0.3 is 19.8 Å². The summed E-state index contributed by atoms with van der Waals surface area (Å²) < 4.78 is 3.78. The van der Waals surface area contributed by atoms with Crippen LogP contribution in [0, 0.1) is 0 Å². The van der Waals surface area contributed by atoms with Gasteiger partial charge in [0.2, 0.25) is 5.91 Å². The molecule has 0 saturated carbocycles. The summed E-state index contributed by atoms with van der Waals surface area (Å²) in [6.07, 6.45) is 5.13. The Labute approximate surface area is 157 Å². The van der Waals surface area contributed by atoms with Crippen LogP contribution in [0.2, 0.25) is 0 Å². The monoisotopic (exact) mass is 365 g/mol. The number of rotatable bonds is 4. The Morgan fingerprint density at radius 1 is 1.22 bits per heavy atom. The molecule has 1 aromatic carbocycles. The number of carbonyl (C=O) groups is 2. The van der Waals surface area contributed by atoms with Crippen LogP contribution in [0.4, 0.5) is 0 Å². The summed E-state index contributed by atoms with van der Waals surface area (Å²) in [6, 6.07) is 9.98. The average molecular weight is 365 g/mol. The zero-order chi connectivity index (χ0) is 19.0. The average Bonchev–Trinajstić information content (AvgIpc) is 3.26. The van der Waals surface area contributed by atoms with E-state index in [4.69, 9.17) is 5.73 Å². The van der Waals surface area contributed by atoms with Crippen molar-refractivity contribution in [1.82, 2.24) is 19.0 Å². The van der Waals surface area contributed by atoms with E-state index in [0.29, 0.717) is 18.8 Å². The number of aryl methyl sites for hydroxylation is 1. The van der Waals surface area contributed by atoms with Crippen LogP contribution < -0.4 is 5.73 Å². The smallest absolute Gasteiger partial charge is 0.270 e. The van der Waals surface area contributed by atoms with Crippen LogP contribution in [0.25, 0.3) is 10.9 Å². The Balaban J connectivity index is 1.47. The molecule has 140 valence electrons. The molecule has 3 aromatic rings. The third kappa shape index (κ3) is 3.20. The van der Waals surface area contributed by atoms with Crippen molar-refractivity contribution in [3.8, 4) is 0 Å². The summed E-state index contributed by atoms with van der Waals surface area (Å²) in [6.45, 7) is 1.49. The van der Waals surface area contributed by atoms with Gasteiger partial charge in [0.05, 0.1) is 0 Å². The Morgan fingerprint density at radius 3 is 2.67 bits per heavy atom. The zero-order valence-electron chi connectivity index (χ0n) is 15.3. The molecule has 7 heteroatoms. The van der Waals surface area contributed by atoms with E-state index in [1.165, 1.54) is 0 Å². The van der Waals surface area contributed by atoms with E-state index >= 15 is 0 Å². The van der Waals surface area contributed by atoms with Crippen LogP contribution >= 0.6 is 0 Å². The second kappa shape index (κ2) is 6.90. The lowest BCUT2D eigenvalue weighted by Crippen LogP contribution is -2.39. The molecule has 7 nitrogen and oxygen atoms in total. The largest absolute Gasteiger partial charge is 0.368 e. The van der Waals surface area contributed by atoms with Gasteiger partial charge in [-0.15, -0.1) is 0 Å². The molecular weight excluding hydrogens is 342 g/mol. The van der Waals surface area contributed by atoms with Gasteiger partial charge in [0.1, 0.15) is 18.1 Å². The number of primary amides is 1. The fourth-order valence-electron chi connectivity index (χ4n) is 3.98. The first-order valence-corrected chi connectivity index (χ1v) is 9.17. The molecule has 1 fully saturated rings. The normalized spacial score (nSPS) is 15.4. The second-order valence-corrected chi connectivity index (χ2v) is 7.09. The zero-order valence-corrected chi connectivity index (χ0v) is 15.3. The highest BCUT2D eigenvalue weighted by Crippen LogP contribution is 2.28. The number of likely N-dealkylation sites (tertiary alicyclic amines) is 1. The second-order valence-electron chi connectivity index (χ2n) is 7.09. The molecule has 4 rings (SSSR count). The molecular formula is C20H23N5O2. The molecule has 27 heavy (non-hydrogen) atoms. The summed E-state index contributed by atoms with van der Waals surface area (Å²) in [7, 11) is 1.93. The molecule has 0 spiro atoms. The van der Waals surface area contributed by atoms with Crippen LogP contribution in [-0.4, -0.2) is 43.9 Å². The number of carbonyl (C=O) groups excluding carboxylic acids is 2. The molecule has 0 radical (unpaired) electrons. The number of benzene rings is 1. The molecule has 0 bridgehead atoms. The SMILES string of the molecule is Cn1c(C(=O)N2CCC(c3nccn3CC(N)=O)CC2)cc2ccccc21. The summed E-state index contributed by atoms with van der Waals surface area (Å²) in [5.41, 5.74) is 7.08. The number of amides is 2. The third-order valence-electron chi connectivity index (χ3n) is 5.39. The van der Waals surface area contributed by atoms with E-state index in [-0.39, 0.29) is 24.3 Å². The van der Waals surface area contributed by atoms with Gasteiger partial charge in [0.15, 0.2) is 0 Å². The molecule has 0 aliphatic carbocycles. The van der Waals surface area contributed by atoms with Crippen molar-refractivity contribution < 1.29 is 9.59 Å². The Bertz CT molecular complexity index is 995. The lowest BCUT2D eigenvalue weighted by molar-refractivity contribution is -0.118. The molecule has 1 aliphatic heterocycles. The highest BCUT2D eigenvalue weighted by Gasteiger charge is 2.28. The number of hydrogen-bond donors (Lipinski definition) is 1. The Hall–Kier alpha value is -3.09. The number of nitrogens with zero attached hydrogens (tertiary/aromatic N) is 4. The lowest BCUT2D eigenvalue weighted by Gasteiger charge is -2.32. The maximum absolute atomic E-state index is 13.0. The molecule has 0 unspecified atom stereocenters. The van der Waals surface area contributed by atoms with Crippen LogP contribution in [0.15, 0.2) is 42.7 Å². The predicted octanol–water partition coefficient (Wildman–Crippen LogP) is 1.88. The maximum atomic E-state index is 13.0.